The fourth-order valence-electron chi connectivity index (χ4n) is 3.28. The number of aromatic nitrogens is 3. The number of aryl methyl sites for hydroxylation is 2. The molecule has 0 aliphatic heterocycles. The minimum Gasteiger partial charge on any atom is -0.342 e. The maximum Gasteiger partial charge on any atom is 0.253 e. The van der Waals surface area contributed by atoms with E-state index < -0.39 is 6.04 Å². The van der Waals surface area contributed by atoms with Gasteiger partial charge in [0, 0.05) is 10.7 Å². The third-order valence-corrected chi connectivity index (χ3v) is 6.14. The second-order valence-corrected chi connectivity index (χ2v) is 9.82. The van der Waals surface area contributed by atoms with Crippen molar-refractivity contribution in [2.75, 3.05) is 11.1 Å². The zero-order valence-electron chi connectivity index (χ0n) is 18.7. The van der Waals surface area contributed by atoms with Crippen LogP contribution in [-0.4, -0.2) is 32.7 Å². The number of nitrogens with one attached hydrogen (secondary N) is 3. The summed E-state index contributed by atoms with van der Waals surface area (Å²) in [7, 11) is 0. The lowest BCUT2D eigenvalue weighted by atomic mass is 10.0. The van der Waals surface area contributed by atoms with Crippen LogP contribution in [0.2, 0.25) is 10.0 Å². The molecule has 2 amide bonds. The van der Waals surface area contributed by atoms with Crippen LogP contribution in [0.1, 0.15) is 47.2 Å². The van der Waals surface area contributed by atoms with Crippen molar-refractivity contribution in [1.82, 2.24) is 20.5 Å². The molecular formula is C23H25Cl2N5O2S. The summed E-state index contributed by atoms with van der Waals surface area (Å²) in [4.78, 5) is 29.6. The molecule has 0 unspecified atom stereocenters. The van der Waals surface area contributed by atoms with Gasteiger partial charge in [-0.25, -0.2) is 4.98 Å². The van der Waals surface area contributed by atoms with E-state index in [1.807, 2.05) is 45.9 Å². The zero-order chi connectivity index (χ0) is 24.1. The highest BCUT2D eigenvalue weighted by Gasteiger charge is 2.24. The van der Waals surface area contributed by atoms with E-state index in [0.29, 0.717) is 21.6 Å². The van der Waals surface area contributed by atoms with Crippen LogP contribution in [-0.2, 0) is 4.79 Å². The van der Waals surface area contributed by atoms with Crippen LogP contribution in [0.25, 0.3) is 0 Å². The van der Waals surface area contributed by atoms with Crippen molar-refractivity contribution in [2.24, 2.45) is 5.92 Å². The number of rotatable bonds is 8. The van der Waals surface area contributed by atoms with Crippen molar-refractivity contribution in [1.29, 1.82) is 0 Å². The van der Waals surface area contributed by atoms with Crippen molar-refractivity contribution < 1.29 is 9.59 Å². The molecule has 0 saturated carbocycles. The number of nitrogens with zero attached hydrogens (tertiary/aromatic N) is 2. The fraction of sp³-hybridized carbons (Fsp3) is 0.304. The molecule has 0 radical (unpaired) electrons. The van der Waals surface area contributed by atoms with Gasteiger partial charge in [0.1, 0.15) is 5.82 Å². The average molecular weight is 506 g/mol. The van der Waals surface area contributed by atoms with Gasteiger partial charge in [0.15, 0.2) is 0 Å². The molecule has 10 heteroatoms. The summed E-state index contributed by atoms with van der Waals surface area (Å²) in [5, 5.41) is 14.0. The minimum absolute atomic E-state index is 0.0266. The van der Waals surface area contributed by atoms with Gasteiger partial charge in [0.05, 0.1) is 22.4 Å². The quantitative estimate of drug-likeness (QED) is 0.346. The number of aromatic amines is 1. The molecule has 0 bridgehead atoms. The van der Waals surface area contributed by atoms with Crippen LogP contribution >= 0.6 is 35.0 Å². The largest absolute Gasteiger partial charge is 0.342 e. The number of hydrogen-bond acceptors (Lipinski definition) is 5. The number of thioether (sulfide) groups is 1. The zero-order valence-corrected chi connectivity index (χ0v) is 21.0. The first-order valence-electron chi connectivity index (χ1n) is 10.3. The van der Waals surface area contributed by atoms with Crippen molar-refractivity contribution in [3.05, 3.63) is 69.0 Å². The molecule has 174 valence electrons. The summed E-state index contributed by atoms with van der Waals surface area (Å²) in [6, 6.07) is 10.2. The van der Waals surface area contributed by atoms with Gasteiger partial charge >= 0.3 is 0 Å². The molecule has 33 heavy (non-hydrogen) atoms. The van der Waals surface area contributed by atoms with E-state index >= 15 is 0 Å². The van der Waals surface area contributed by atoms with E-state index in [9.17, 15) is 9.59 Å². The Hall–Kier alpha value is -2.55. The van der Waals surface area contributed by atoms with Crippen LogP contribution in [0, 0.1) is 19.8 Å². The van der Waals surface area contributed by atoms with Gasteiger partial charge in [0.25, 0.3) is 5.91 Å². The Labute approximate surface area is 207 Å². The fourth-order valence-corrected chi connectivity index (χ4v) is 4.38. The number of amides is 2. The van der Waals surface area contributed by atoms with Crippen molar-refractivity contribution in [3.8, 4) is 0 Å². The van der Waals surface area contributed by atoms with Crippen LogP contribution in [0.5, 0.6) is 0 Å². The van der Waals surface area contributed by atoms with Gasteiger partial charge in [-0.05, 0) is 61.2 Å². The highest BCUT2D eigenvalue weighted by Crippen LogP contribution is 2.25. The molecule has 0 spiro atoms. The smallest absolute Gasteiger partial charge is 0.253 e. The molecular weight excluding hydrogens is 481 g/mol. The van der Waals surface area contributed by atoms with Gasteiger partial charge in [-0.3, -0.25) is 14.7 Å². The van der Waals surface area contributed by atoms with Crippen LogP contribution < -0.4 is 10.6 Å². The summed E-state index contributed by atoms with van der Waals surface area (Å²) >= 11 is 13.3. The lowest BCUT2D eigenvalue weighted by molar-refractivity contribution is -0.113. The van der Waals surface area contributed by atoms with Crippen molar-refractivity contribution in [2.45, 2.75) is 38.9 Å². The first-order chi connectivity index (χ1) is 15.6. The predicted molar refractivity (Wildman–Crippen MR) is 133 cm³/mol. The third-order valence-electron chi connectivity index (χ3n) is 4.74. The van der Waals surface area contributed by atoms with Crippen LogP contribution in [0.3, 0.4) is 0 Å². The minimum atomic E-state index is -0.421. The predicted octanol–water partition coefficient (Wildman–Crippen LogP) is 5.59. The number of hydrogen-bond donors (Lipinski definition) is 3. The Balaban J connectivity index is 1.62. The van der Waals surface area contributed by atoms with E-state index in [1.165, 1.54) is 17.8 Å². The number of benzene rings is 2. The SMILES string of the molecule is Cc1cc(C)cc(NC(=O)CSc2n[nH]c([C@@H](NC(=O)c3ccc(Cl)cc3Cl)C(C)C)n2)c1. The molecule has 1 heterocycles. The number of anilines is 1. The molecule has 0 fully saturated rings. The number of carbonyl (C=O) groups is 2. The van der Waals surface area contributed by atoms with E-state index in [4.69, 9.17) is 23.2 Å². The highest BCUT2D eigenvalue weighted by molar-refractivity contribution is 7.99. The normalized spacial score (nSPS) is 12.0. The van der Waals surface area contributed by atoms with Crippen molar-refractivity contribution >= 4 is 52.5 Å². The molecule has 1 atom stereocenters. The highest BCUT2D eigenvalue weighted by atomic mass is 35.5. The van der Waals surface area contributed by atoms with Gasteiger partial charge < -0.3 is 10.6 Å². The van der Waals surface area contributed by atoms with E-state index in [-0.39, 0.29) is 28.5 Å². The van der Waals surface area contributed by atoms with Gasteiger partial charge in [-0.15, -0.1) is 5.10 Å². The lowest BCUT2D eigenvalue weighted by Crippen LogP contribution is -2.32. The van der Waals surface area contributed by atoms with Crippen molar-refractivity contribution in [3.63, 3.8) is 0 Å². The monoisotopic (exact) mass is 505 g/mol. The second-order valence-electron chi connectivity index (χ2n) is 8.04. The number of halogens is 2. The summed E-state index contributed by atoms with van der Waals surface area (Å²) in [5.41, 5.74) is 3.25. The molecule has 0 aliphatic carbocycles. The van der Waals surface area contributed by atoms with Gasteiger partial charge in [-0.1, -0.05) is 54.9 Å². The number of carbonyl (C=O) groups excluding carboxylic acids is 2. The summed E-state index contributed by atoms with van der Waals surface area (Å²) in [5.74, 6) is 0.194. The molecule has 0 aliphatic rings. The number of H-pyrrole nitrogens is 1. The maximum absolute atomic E-state index is 12.7. The lowest BCUT2D eigenvalue weighted by Gasteiger charge is -2.20. The first kappa shape index (κ1) is 25.1. The molecule has 1 aromatic heterocycles. The summed E-state index contributed by atoms with van der Waals surface area (Å²) < 4.78 is 0. The molecule has 0 saturated heterocycles. The van der Waals surface area contributed by atoms with Crippen LogP contribution in [0.15, 0.2) is 41.6 Å². The second kappa shape index (κ2) is 11.0. The Morgan fingerprint density at radius 1 is 1.09 bits per heavy atom. The molecule has 7 nitrogen and oxygen atoms in total. The molecule has 2 aromatic carbocycles. The molecule has 3 aromatic rings. The maximum atomic E-state index is 12.7. The Kier molecular flexibility index (Phi) is 8.40. The summed E-state index contributed by atoms with van der Waals surface area (Å²) in [6.45, 7) is 7.89. The van der Waals surface area contributed by atoms with E-state index in [2.05, 4.69) is 25.8 Å². The van der Waals surface area contributed by atoms with E-state index in [1.54, 1.807) is 12.1 Å². The Bertz CT molecular complexity index is 1150. The average Bonchev–Trinajstić information content (AvgIpc) is 3.18. The van der Waals surface area contributed by atoms with Gasteiger partial charge in [0.2, 0.25) is 11.1 Å². The van der Waals surface area contributed by atoms with Crippen LogP contribution in [0.4, 0.5) is 5.69 Å². The topological polar surface area (TPSA) is 99.8 Å². The first-order valence-corrected chi connectivity index (χ1v) is 12.1. The Morgan fingerprint density at radius 2 is 1.79 bits per heavy atom. The Morgan fingerprint density at radius 3 is 2.42 bits per heavy atom. The standard InChI is InChI=1S/C23H25Cl2N5O2S/c1-12(2)20(27-22(32)17-6-5-15(24)10-18(17)25)21-28-23(30-29-21)33-11-19(31)26-16-8-13(3)7-14(4)9-16/h5-10,12,20H,11H2,1-4H3,(H,26,31)(H,27,32)(H,28,29,30)/t20-/m0/s1. The summed E-state index contributed by atoms with van der Waals surface area (Å²) in [6.07, 6.45) is 0. The molecule has 3 rings (SSSR count). The third kappa shape index (κ3) is 6.96. The van der Waals surface area contributed by atoms with Gasteiger partial charge in [-0.2, -0.15) is 0 Å². The van der Waals surface area contributed by atoms with E-state index in [0.717, 1.165) is 16.8 Å². The molecule has 3 N–H and O–H groups in total.